The number of nitrogens with two attached hydrogens (primary N) is 1. The topological polar surface area (TPSA) is 26.0 Å². The van der Waals surface area contributed by atoms with Gasteiger partial charge >= 0.3 is 0 Å². The number of aryl methyl sites for hydroxylation is 1. The highest BCUT2D eigenvalue weighted by atomic mass is 79.9. The van der Waals surface area contributed by atoms with Crippen LogP contribution >= 0.6 is 15.9 Å². The van der Waals surface area contributed by atoms with Gasteiger partial charge in [-0.05, 0) is 37.4 Å². The summed E-state index contributed by atoms with van der Waals surface area (Å²) in [5.41, 5.74) is 6.80. The smallest absolute Gasteiger partial charge is 0.0207 e. The van der Waals surface area contributed by atoms with Crippen molar-refractivity contribution in [3.05, 3.63) is 34.3 Å². The van der Waals surface area contributed by atoms with Crippen molar-refractivity contribution < 1.29 is 0 Å². The van der Waals surface area contributed by atoms with Crippen molar-refractivity contribution in [2.75, 3.05) is 6.54 Å². The summed E-state index contributed by atoms with van der Waals surface area (Å²) >= 11 is 3.52. The molecule has 0 unspecified atom stereocenters. The minimum atomic E-state index is 0.796. The van der Waals surface area contributed by atoms with Crippen molar-refractivity contribution >= 4 is 15.9 Å². The first-order valence-corrected chi connectivity index (χ1v) is 5.07. The SMILES string of the molecule is NCCCCc1ccccc1Br. The third kappa shape index (κ3) is 2.95. The Morgan fingerprint density at radius 1 is 1.17 bits per heavy atom. The van der Waals surface area contributed by atoms with E-state index in [0.717, 1.165) is 19.4 Å². The van der Waals surface area contributed by atoms with E-state index in [1.807, 2.05) is 6.07 Å². The largest absolute Gasteiger partial charge is 0.330 e. The normalized spacial score (nSPS) is 10.2. The Labute approximate surface area is 82.1 Å². The van der Waals surface area contributed by atoms with Crippen LogP contribution in [0.5, 0.6) is 0 Å². The van der Waals surface area contributed by atoms with E-state index in [1.165, 1.54) is 16.5 Å². The monoisotopic (exact) mass is 227 g/mol. The molecule has 1 aromatic rings. The Morgan fingerprint density at radius 3 is 2.58 bits per heavy atom. The van der Waals surface area contributed by atoms with Crippen LogP contribution in [0, 0.1) is 0 Å². The predicted molar refractivity (Wildman–Crippen MR) is 56.1 cm³/mol. The zero-order valence-corrected chi connectivity index (χ0v) is 8.68. The number of halogens is 1. The van der Waals surface area contributed by atoms with Crippen molar-refractivity contribution in [2.24, 2.45) is 5.73 Å². The lowest BCUT2D eigenvalue weighted by Crippen LogP contribution is -1.99. The molecule has 0 spiro atoms. The van der Waals surface area contributed by atoms with Gasteiger partial charge in [0.2, 0.25) is 0 Å². The highest BCUT2D eigenvalue weighted by Crippen LogP contribution is 2.17. The summed E-state index contributed by atoms with van der Waals surface area (Å²) in [6, 6.07) is 8.34. The Balaban J connectivity index is 2.46. The molecule has 0 aromatic heterocycles. The fourth-order valence-corrected chi connectivity index (χ4v) is 1.64. The number of benzene rings is 1. The van der Waals surface area contributed by atoms with Crippen LogP contribution in [0.3, 0.4) is 0 Å². The quantitative estimate of drug-likeness (QED) is 0.788. The molecule has 0 saturated heterocycles. The van der Waals surface area contributed by atoms with Gasteiger partial charge in [0.05, 0.1) is 0 Å². The highest BCUT2D eigenvalue weighted by molar-refractivity contribution is 9.10. The summed E-state index contributed by atoms with van der Waals surface area (Å²) in [7, 11) is 0. The molecule has 0 amide bonds. The maximum Gasteiger partial charge on any atom is 0.0207 e. The molecule has 0 fully saturated rings. The molecule has 12 heavy (non-hydrogen) atoms. The van der Waals surface area contributed by atoms with Gasteiger partial charge in [-0.3, -0.25) is 0 Å². The third-order valence-corrected chi connectivity index (χ3v) is 2.63. The second-order valence-corrected chi connectivity index (χ2v) is 3.69. The summed E-state index contributed by atoms with van der Waals surface area (Å²) in [6.07, 6.45) is 3.42. The van der Waals surface area contributed by atoms with Crippen LogP contribution in [0.1, 0.15) is 18.4 Å². The van der Waals surface area contributed by atoms with E-state index in [1.54, 1.807) is 0 Å². The summed E-state index contributed by atoms with van der Waals surface area (Å²) < 4.78 is 1.21. The molecule has 0 saturated carbocycles. The van der Waals surface area contributed by atoms with Crippen molar-refractivity contribution in [1.29, 1.82) is 0 Å². The van der Waals surface area contributed by atoms with Gasteiger partial charge in [0.25, 0.3) is 0 Å². The van der Waals surface area contributed by atoms with Crippen LogP contribution in [0.15, 0.2) is 28.7 Å². The van der Waals surface area contributed by atoms with Gasteiger partial charge < -0.3 is 5.73 Å². The van der Waals surface area contributed by atoms with Gasteiger partial charge in [-0.25, -0.2) is 0 Å². The Hall–Kier alpha value is -0.340. The maximum atomic E-state index is 5.42. The van der Waals surface area contributed by atoms with Crippen molar-refractivity contribution in [1.82, 2.24) is 0 Å². The minimum Gasteiger partial charge on any atom is -0.330 e. The third-order valence-electron chi connectivity index (χ3n) is 1.86. The molecular weight excluding hydrogens is 214 g/mol. The van der Waals surface area contributed by atoms with Crippen molar-refractivity contribution in [2.45, 2.75) is 19.3 Å². The van der Waals surface area contributed by atoms with E-state index < -0.39 is 0 Å². The molecule has 0 atom stereocenters. The van der Waals surface area contributed by atoms with Crippen LogP contribution in [0.2, 0.25) is 0 Å². The molecule has 0 heterocycles. The molecule has 1 nitrogen and oxygen atoms in total. The van der Waals surface area contributed by atoms with E-state index in [9.17, 15) is 0 Å². The predicted octanol–water partition coefficient (Wildman–Crippen LogP) is 2.73. The van der Waals surface area contributed by atoms with Crippen LogP contribution in [-0.2, 0) is 6.42 Å². The average molecular weight is 228 g/mol. The molecule has 0 aliphatic heterocycles. The van der Waals surface area contributed by atoms with Gasteiger partial charge in [0.1, 0.15) is 0 Å². The standard InChI is InChI=1S/C10H14BrN/c11-10-7-2-1-5-9(10)6-3-4-8-12/h1-2,5,7H,3-4,6,8,12H2. The second kappa shape index (κ2) is 5.33. The second-order valence-electron chi connectivity index (χ2n) is 2.84. The number of unbranched alkanes of at least 4 members (excludes halogenated alkanes) is 1. The first-order chi connectivity index (χ1) is 5.84. The number of rotatable bonds is 4. The lowest BCUT2D eigenvalue weighted by atomic mass is 10.1. The van der Waals surface area contributed by atoms with E-state index in [2.05, 4.69) is 34.1 Å². The number of hydrogen-bond donors (Lipinski definition) is 1. The van der Waals surface area contributed by atoms with Gasteiger partial charge in [-0.15, -0.1) is 0 Å². The fourth-order valence-electron chi connectivity index (χ4n) is 1.16. The van der Waals surface area contributed by atoms with Gasteiger partial charge in [-0.1, -0.05) is 34.1 Å². The summed E-state index contributed by atoms with van der Waals surface area (Å²) in [5, 5.41) is 0. The van der Waals surface area contributed by atoms with Crippen LogP contribution in [0.25, 0.3) is 0 Å². The highest BCUT2D eigenvalue weighted by Gasteiger charge is 1.96. The van der Waals surface area contributed by atoms with Crippen molar-refractivity contribution in [3.63, 3.8) is 0 Å². The van der Waals surface area contributed by atoms with Crippen LogP contribution in [-0.4, -0.2) is 6.54 Å². The van der Waals surface area contributed by atoms with Crippen LogP contribution < -0.4 is 5.73 Å². The van der Waals surface area contributed by atoms with E-state index in [-0.39, 0.29) is 0 Å². The zero-order chi connectivity index (χ0) is 8.81. The molecule has 0 bridgehead atoms. The Kier molecular flexibility index (Phi) is 4.33. The summed E-state index contributed by atoms with van der Waals surface area (Å²) in [6.45, 7) is 0.796. The average Bonchev–Trinajstić information content (AvgIpc) is 2.09. The molecule has 1 rings (SSSR count). The molecule has 0 aliphatic carbocycles. The fraction of sp³-hybridized carbons (Fsp3) is 0.400. The lowest BCUT2D eigenvalue weighted by Gasteiger charge is -2.02. The van der Waals surface area contributed by atoms with Gasteiger partial charge in [0.15, 0.2) is 0 Å². The molecular formula is C10H14BrN. The lowest BCUT2D eigenvalue weighted by molar-refractivity contribution is 0.743. The van der Waals surface area contributed by atoms with E-state index >= 15 is 0 Å². The molecule has 1 aromatic carbocycles. The maximum absolute atomic E-state index is 5.42. The summed E-state index contributed by atoms with van der Waals surface area (Å²) in [4.78, 5) is 0. The first-order valence-electron chi connectivity index (χ1n) is 4.28. The Bertz CT molecular complexity index is 235. The van der Waals surface area contributed by atoms with E-state index in [4.69, 9.17) is 5.73 Å². The molecule has 2 heteroatoms. The van der Waals surface area contributed by atoms with Gasteiger partial charge in [-0.2, -0.15) is 0 Å². The van der Waals surface area contributed by atoms with Crippen molar-refractivity contribution in [3.8, 4) is 0 Å². The van der Waals surface area contributed by atoms with Crippen LogP contribution in [0.4, 0.5) is 0 Å². The molecule has 2 N–H and O–H groups in total. The zero-order valence-electron chi connectivity index (χ0n) is 7.09. The minimum absolute atomic E-state index is 0.796. The Morgan fingerprint density at radius 2 is 1.92 bits per heavy atom. The van der Waals surface area contributed by atoms with Gasteiger partial charge in [0, 0.05) is 4.47 Å². The first kappa shape index (κ1) is 9.75. The summed E-state index contributed by atoms with van der Waals surface area (Å²) in [5.74, 6) is 0. The van der Waals surface area contributed by atoms with E-state index in [0.29, 0.717) is 0 Å². The molecule has 66 valence electrons. The molecule has 0 aliphatic rings. The number of hydrogen-bond acceptors (Lipinski definition) is 1. The molecule has 0 radical (unpaired) electrons.